The lowest BCUT2D eigenvalue weighted by molar-refractivity contribution is -0.145. The van der Waals surface area contributed by atoms with Gasteiger partial charge in [-0.15, -0.1) is 22.9 Å². The van der Waals surface area contributed by atoms with Crippen LogP contribution in [0.3, 0.4) is 0 Å². The van der Waals surface area contributed by atoms with Crippen LogP contribution >= 0.6 is 22.9 Å². The lowest BCUT2D eigenvalue weighted by atomic mass is 9.84. The minimum Gasteiger partial charge on any atom is -0.469 e. The molecule has 2 rings (SSSR count). The van der Waals surface area contributed by atoms with Crippen molar-refractivity contribution in [2.24, 2.45) is 5.92 Å². The number of rotatable bonds is 6. The van der Waals surface area contributed by atoms with Gasteiger partial charge in [0.05, 0.1) is 13.0 Å². The molecule has 25 heavy (non-hydrogen) atoms. The number of carbonyl (C=O) groups excluding carboxylic acids is 2. The zero-order chi connectivity index (χ0) is 18.7. The number of ketones is 1. The molecule has 2 unspecified atom stereocenters. The summed E-state index contributed by atoms with van der Waals surface area (Å²) in [5, 5.41) is 0. The maximum atomic E-state index is 14.1. The Morgan fingerprint density at radius 1 is 1.32 bits per heavy atom. The van der Waals surface area contributed by atoms with E-state index >= 15 is 0 Å². The molecule has 6 heteroatoms. The first kappa shape index (κ1) is 19.6. The largest absolute Gasteiger partial charge is 0.469 e. The van der Waals surface area contributed by atoms with E-state index in [2.05, 4.69) is 0 Å². The highest BCUT2D eigenvalue weighted by Crippen LogP contribution is 2.39. The molecule has 3 nitrogen and oxygen atoms in total. The van der Waals surface area contributed by atoms with Crippen molar-refractivity contribution in [3.63, 3.8) is 0 Å². The molecule has 2 atom stereocenters. The van der Waals surface area contributed by atoms with E-state index in [1.54, 1.807) is 6.92 Å². The quantitative estimate of drug-likeness (QED) is 0.397. The zero-order valence-electron chi connectivity index (χ0n) is 14.6. The maximum Gasteiger partial charge on any atom is 0.309 e. The average Bonchev–Trinajstić information content (AvgIpc) is 2.97. The minimum absolute atomic E-state index is 0.0711. The molecule has 0 radical (unpaired) electrons. The van der Waals surface area contributed by atoms with Crippen molar-refractivity contribution in [1.82, 2.24) is 0 Å². The molecule has 0 aliphatic heterocycles. The Morgan fingerprint density at radius 3 is 2.52 bits per heavy atom. The van der Waals surface area contributed by atoms with Gasteiger partial charge in [-0.2, -0.15) is 0 Å². The fourth-order valence-corrected chi connectivity index (χ4v) is 4.28. The SMILES string of the molecule is COC(=O)C(C)C(c1ccc(C)c(CCl)c1)c1cc(F)c(C(C)=O)s1. The molecule has 0 aliphatic carbocycles. The van der Waals surface area contributed by atoms with E-state index in [9.17, 15) is 14.0 Å². The highest BCUT2D eigenvalue weighted by Gasteiger charge is 2.31. The van der Waals surface area contributed by atoms with Gasteiger partial charge in [0.15, 0.2) is 5.78 Å². The van der Waals surface area contributed by atoms with E-state index in [1.807, 2.05) is 25.1 Å². The number of methoxy groups -OCH3 is 1. The number of carbonyl (C=O) groups is 2. The number of alkyl halides is 1. The highest BCUT2D eigenvalue weighted by atomic mass is 35.5. The average molecular weight is 383 g/mol. The number of halogens is 2. The summed E-state index contributed by atoms with van der Waals surface area (Å²) in [5.74, 6) is -1.88. The van der Waals surface area contributed by atoms with Crippen molar-refractivity contribution >= 4 is 34.7 Å². The summed E-state index contributed by atoms with van der Waals surface area (Å²) in [6.07, 6.45) is 0. The Hall–Kier alpha value is -1.72. The number of benzene rings is 1. The molecule has 1 heterocycles. The monoisotopic (exact) mass is 382 g/mol. The van der Waals surface area contributed by atoms with E-state index < -0.39 is 23.6 Å². The predicted molar refractivity (Wildman–Crippen MR) is 98.0 cm³/mol. The highest BCUT2D eigenvalue weighted by molar-refractivity contribution is 7.14. The van der Waals surface area contributed by atoms with E-state index in [-0.39, 0.29) is 10.7 Å². The van der Waals surface area contributed by atoms with Gasteiger partial charge in [0.25, 0.3) is 0 Å². The van der Waals surface area contributed by atoms with Gasteiger partial charge < -0.3 is 4.74 Å². The minimum atomic E-state index is -0.556. The first-order valence-corrected chi connectivity index (χ1v) is 9.18. The molecular weight excluding hydrogens is 363 g/mol. The van der Waals surface area contributed by atoms with Crippen LogP contribution in [0.4, 0.5) is 4.39 Å². The summed E-state index contributed by atoms with van der Waals surface area (Å²) < 4.78 is 19.0. The van der Waals surface area contributed by atoms with Crippen LogP contribution in [0.1, 0.15) is 51.0 Å². The number of esters is 1. The molecule has 0 aliphatic rings. The van der Waals surface area contributed by atoms with Crippen molar-refractivity contribution in [2.75, 3.05) is 7.11 Å². The smallest absolute Gasteiger partial charge is 0.309 e. The molecule has 134 valence electrons. The van der Waals surface area contributed by atoms with Crippen molar-refractivity contribution in [1.29, 1.82) is 0 Å². The first-order chi connectivity index (χ1) is 11.8. The molecule has 0 saturated carbocycles. The van der Waals surface area contributed by atoms with Crippen molar-refractivity contribution < 1.29 is 18.7 Å². The summed E-state index contributed by atoms with van der Waals surface area (Å²) in [6.45, 7) is 5.02. The lowest BCUT2D eigenvalue weighted by Gasteiger charge is -2.22. The zero-order valence-corrected chi connectivity index (χ0v) is 16.1. The van der Waals surface area contributed by atoms with Crippen LogP contribution in [0, 0.1) is 18.7 Å². The molecule has 0 N–H and O–H groups in total. The fourth-order valence-electron chi connectivity index (χ4n) is 2.83. The fraction of sp³-hybridized carbons (Fsp3) is 0.368. The third-order valence-electron chi connectivity index (χ3n) is 4.28. The van der Waals surface area contributed by atoms with Crippen LogP contribution in [0.5, 0.6) is 0 Å². The summed E-state index contributed by atoms with van der Waals surface area (Å²) in [5.41, 5.74) is 2.84. The van der Waals surface area contributed by atoms with Crippen LogP contribution in [-0.2, 0) is 15.4 Å². The Kier molecular flexibility index (Phi) is 6.36. The molecule has 1 aromatic heterocycles. The van der Waals surface area contributed by atoms with Gasteiger partial charge in [0, 0.05) is 23.6 Å². The van der Waals surface area contributed by atoms with Gasteiger partial charge in [-0.25, -0.2) is 4.39 Å². The Morgan fingerprint density at radius 2 is 2.00 bits per heavy atom. The first-order valence-electron chi connectivity index (χ1n) is 7.83. The second kappa shape index (κ2) is 8.11. The van der Waals surface area contributed by atoms with Crippen LogP contribution in [0.25, 0.3) is 0 Å². The van der Waals surface area contributed by atoms with Gasteiger partial charge >= 0.3 is 5.97 Å². The van der Waals surface area contributed by atoms with E-state index in [0.717, 1.165) is 28.0 Å². The topological polar surface area (TPSA) is 43.4 Å². The standard InChI is InChI=1S/C19H20ClFO3S/c1-10-5-6-13(7-14(10)9-20)17(11(2)19(23)24-4)16-8-15(21)18(25-16)12(3)22/h5-8,11,17H,9H2,1-4H3. The molecule has 0 saturated heterocycles. The van der Waals surface area contributed by atoms with Crippen molar-refractivity contribution in [3.05, 3.63) is 56.5 Å². The normalized spacial score (nSPS) is 13.4. The summed E-state index contributed by atoms with van der Waals surface area (Å²) in [4.78, 5) is 24.4. The van der Waals surface area contributed by atoms with Crippen molar-refractivity contribution in [3.8, 4) is 0 Å². The van der Waals surface area contributed by atoms with Crippen LogP contribution in [0.2, 0.25) is 0 Å². The number of ether oxygens (including phenoxy) is 1. The second-order valence-electron chi connectivity index (χ2n) is 5.99. The third-order valence-corrected chi connectivity index (χ3v) is 5.86. The van der Waals surface area contributed by atoms with Gasteiger partial charge in [0.2, 0.25) is 0 Å². The van der Waals surface area contributed by atoms with Crippen molar-refractivity contribution in [2.45, 2.75) is 32.6 Å². The Bertz CT molecular complexity index is 800. The molecule has 2 aromatic rings. The van der Waals surface area contributed by atoms with E-state index in [1.165, 1.54) is 20.1 Å². The number of hydrogen-bond acceptors (Lipinski definition) is 4. The molecule has 0 spiro atoms. The number of thiophene rings is 1. The summed E-state index contributed by atoms with van der Waals surface area (Å²) in [6, 6.07) is 7.10. The Labute approximate surface area is 155 Å². The second-order valence-corrected chi connectivity index (χ2v) is 7.34. The Balaban J connectivity index is 2.60. The number of Topliss-reactive ketones (excluding diaryl/α,β-unsaturated/α-hetero) is 1. The van der Waals surface area contributed by atoms with Gasteiger partial charge in [-0.3, -0.25) is 9.59 Å². The molecular formula is C19H20ClFO3S. The summed E-state index contributed by atoms with van der Waals surface area (Å²) >= 11 is 7.08. The molecule has 0 amide bonds. The summed E-state index contributed by atoms with van der Waals surface area (Å²) in [7, 11) is 1.32. The van der Waals surface area contributed by atoms with Crippen LogP contribution in [0.15, 0.2) is 24.3 Å². The number of hydrogen-bond donors (Lipinski definition) is 0. The maximum absolute atomic E-state index is 14.1. The van der Waals surface area contributed by atoms with Gasteiger partial charge in [0.1, 0.15) is 10.7 Å². The lowest BCUT2D eigenvalue weighted by Crippen LogP contribution is -2.21. The van der Waals surface area contributed by atoms with Gasteiger partial charge in [-0.05, 0) is 29.7 Å². The van der Waals surface area contributed by atoms with E-state index in [4.69, 9.17) is 16.3 Å². The van der Waals surface area contributed by atoms with E-state index in [0.29, 0.717) is 10.8 Å². The van der Waals surface area contributed by atoms with Crippen LogP contribution < -0.4 is 0 Å². The van der Waals surface area contributed by atoms with Crippen LogP contribution in [-0.4, -0.2) is 18.9 Å². The number of aryl methyl sites for hydroxylation is 1. The van der Waals surface area contributed by atoms with Gasteiger partial charge in [-0.1, -0.05) is 25.1 Å². The molecule has 1 aromatic carbocycles. The third kappa shape index (κ3) is 4.10. The molecule has 0 bridgehead atoms. The predicted octanol–water partition coefficient (Wildman–Crippen LogP) is 5.08. The molecule has 0 fully saturated rings.